The third kappa shape index (κ3) is 4.98. The van der Waals surface area contributed by atoms with E-state index in [1.54, 1.807) is 47.6 Å². The second-order valence-electron chi connectivity index (χ2n) is 6.41. The van der Waals surface area contributed by atoms with Crippen molar-refractivity contribution in [2.75, 3.05) is 13.2 Å². The van der Waals surface area contributed by atoms with Crippen molar-refractivity contribution >= 4 is 28.0 Å². The third-order valence-electron chi connectivity index (χ3n) is 2.92. The Morgan fingerprint density at radius 1 is 1.41 bits per heavy atom. The van der Waals surface area contributed by atoms with Crippen LogP contribution in [0.15, 0.2) is 10.6 Å². The van der Waals surface area contributed by atoms with Crippen LogP contribution in [0.1, 0.15) is 41.5 Å². The highest BCUT2D eigenvalue weighted by atomic mass is 79.9. The topological polar surface area (TPSA) is 65.1 Å². The van der Waals surface area contributed by atoms with Gasteiger partial charge in [-0.3, -0.25) is 4.90 Å². The zero-order valence-corrected chi connectivity index (χ0v) is 15.5. The zero-order valence-electron chi connectivity index (χ0n) is 13.9. The standard InChI is InChI=1S/C15H24BrNO5/c1-7-20-12(18)11(16)8-10-9-21-15(5,6)17(10)13(19)22-14(2,3)4/h8,10H,7,9H2,1-6H3/b11-8-/t10-/m1/s1. The molecule has 7 heteroatoms. The SMILES string of the molecule is CCOC(=O)/C(Br)=C/[C@@H]1COC(C)(C)N1C(=O)OC(C)(C)C. The minimum atomic E-state index is -0.814. The molecule has 0 radical (unpaired) electrons. The Balaban J connectivity index is 2.97. The fraction of sp³-hybridized carbons (Fsp3) is 0.733. The molecular formula is C15H24BrNO5. The summed E-state index contributed by atoms with van der Waals surface area (Å²) in [4.78, 5) is 25.6. The number of hydrogen-bond acceptors (Lipinski definition) is 5. The van der Waals surface area contributed by atoms with Crippen LogP contribution in [0.4, 0.5) is 4.79 Å². The van der Waals surface area contributed by atoms with Crippen LogP contribution in [0.5, 0.6) is 0 Å². The van der Waals surface area contributed by atoms with E-state index >= 15 is 0 Å². The number of rotatable bonds is 3. The van der Waals surface area contributed by atoms with Crippen molar-refractivity contribution in [2.24, 2.45) is 0 Å². The second kappa shape index (κ2) is 7.00. The monoisotopic (exact) mass is 377 g/mol. The summed E-state index contributed by atoms with van der Waals surface area (Å²) in [5.41, 5.74) is -1.42. The minimum absolute atomic E-state index is 0.259. The predicted octanol–water partition coefficient (Wildman–Crippen LogP) is 3.20. The lowest BCUT2D eigenvalue weighted by atomic mass is 10.2. The van der Waals surface area contributed by atoms with E-state index in [2.05, 4.69) is 15.9 Å². The number of ether oxygens (including phenoxy) is 3. The maximum Gasteiger partial charge on any atom is 0.413 e. The molecule has 1 rings (SSSR count). The van der Waals surface area contributed by atoms with Crippen molar-refractivity contribution in [1.29, 1.82) is 0 Å². The first-order valence-electron chi connectivity index (χ1n) is 7.18. The number of hydrogen-bond donors (Lipinski definition) is 0. The van der Waals surface area contributed by atoms with Crippen molar-refractivity contribution < 1.29 is 23.8 Å². The summed E-state index contributed by atoms with van der Waals surface area (Å²) in [5.74, 6) is -0.476. The van der Waals surface area contributed by atoms with Gasteiger partial charge in [-0.25, -0.2) is 9.59 Å². The second-order valence-corrected chi connectivity index (χ2v) is 7.26. The maximum absolute atomic E-state index is 12.4. The van der Waals surface area contributed by atoms with Gasteiger partial charge >= 0.3 is 12.1 Å². The van der Waals surface area contributed by atoms with E-state index in [0.29, 0.717) is 0 Å². The van der Waals surface area contributed by atoms with E-state index in [1.165, 1.54) is 4.90 Å². The molecule has 1 saturated heterocycles. The predicted molar refractivity (Wildman–Crippen MR) is 85.5 cm³/mol. The molecule has 0 N–H and O–H groups in total. The summed E-state index contributed by atoms with van der Waals surface area (Å²) >= 11 is 3.18. The van der Waals surface area contributed by atoms with Gasteiger partial charge in [-0.2, -0.15) is 0 Å². The van der Waals surface area contributed by atoms with Gasteiger partial charge in [0.1, 0.15) is 15.8 Å². The summed E-state index contributed by atoms with van der Waals surface area (Å²) in [6, 6.07) is -0.413. The van der Waals surface area contributed by atoms with Gasteiger partial charge in [0.15, 0.2) is 0 Å². The molecule has 0 aromatic rings. The highest BCUT2D eigenvalue weighted by molar-refractivity contribution is 9.12. The molecule has 1 aliphatic rings. The summed E-state index contributed by atoms with van der Waals surface area (Å²) in [7, 11) is 0. The Morgan fingerprint density at radius 2 is 2.00 bits per heavy atom. The minimum Gasteiger partial charge on any atom is -0.462 e. The van der Waals surface area contributed by atoms with Crippen LogP contribution in [0, 0.1) is 0 Å². The quantitative estimate of drug-likeness (QED) is 0.558. The average Bonchev–Trinajstić information content (AvgIpc) is 2.62. The lowest BCUT2D eigenvalue weighted by Gasteiger charge is -2.34. The number of amides is 1. The average molecular weight is 378 g/mol. The van der Waals surface area contributed by atoms with E-state index in [9.17, 15) is 9.59 Å². The Labute approximate surface area is 139 Å². The smallest absolute Gasteiger partial charge is 0.413 e. The fourth-order valence-electron chi connectivity index (χ4n) is 2.06. The van der Waals surface area contributed by atoms with Gasteiger partial charge in [0.25, 0.3) is 0 Å². The van der Waals surface area contributed by atoms with Crippen LogP contribution in [0.3, 0.4) is 0 Å². The van der Waals surface area contributed by atoms with Gasteiger partial charge in [0, 0.05) is 0 Å². The van der Waals surface area contributed by atoms with E-state index in [4.69, 9.17) is 14.2 Å². The number of carbonyl (C=O) groups excluding carboxylic acids is 2. The largest absolute Gasteiger partial charge is 0.462 e. The fourth-order valence-corrected chi connectivity index (χ4v) is 2.48. The summed E-state index contributed by atoms with van der Waals surface area (Å²) < 4.78 is 16.2. The van der Waals surface area contributed by atoms with Crippen molar-refractivity contribution in [3.63, 3.8) is 0 Å². The number of carbonyl (C=O) groups is 2. The number of esters is 1. The lowest BCUT2D eigenvalue weighted by Crippen LogP contribution is -2.49. The molecule has 1 amide bonds. The first-order valence-corrected chi connectivity index (χ1v) is 7.98. The van der Waals surface area contributed by atoms with E-state index < -0.39 is 29.4 Å². The highest BCUT2D eigenvalue weighted by Gasteiger charge is 2.45. The van der Waals surface area contributed by atoms with Gasteiger partial charge in [0.05, 0.1) is 19.3 Å². The molecule has 0 bridgehead atoms. The summed E-state index contributed by atoms with van der Waals surface area (Å²) in [5, 5.41) is 0. The van der Waals surface area contributed by atoms with Crippen LogP contribution in [-0.4, -0.2) is 47.5 Å². The molecule has 1 heterocycles. The zero-order chi connectivity index (χ0) is 17.1. The highest BCUT2D eigenvalue weighted by Crippen LogP contribution is 2.31. The molecule has 1 fully saturated rings. The Morgan fingerprint density at radius 3 is 2.50 bits per heavy atom. The summed E-state index contributed by atoms with van der Waals surface area (Å²) in [6.45, 7) is 11.3. The molecule has 1 aliphatic heterocycles. The third-order valence-corrected chi connectivity index (χ3v) is 3.51. The lowest BCUT2D eigenvalue weighted by molar-refractivity contribution is -0.137. The van der Waals surface area contributed by atoms with Crippen molar-refractivity contribution in [3.8, 4) is 0 Å². The first kappa shape index (κ1) is 19.0. The van der Waals surface area contributed by atoms with Crippen LogP contribution < -0.4 is 0 Å². The first-order chi connectivity index (χ1) is 9.98. The molecule has 6 nitrogen and oxygen atoms in total. The molecule has 0 aromatic heterocycles. The Bertz CT molecular complexity index is 467. The van der Waals surface area contributed by atoms with Gasteiger partial charge < -0.3 is 14.2 Å². The molecule has 0 saturated carbocycles. The van der Waals surface area contributed by atoms with Crippen molar-refractivity contribution in [1.82, 2.24) is 4.90 Å². The molecule has 1 atom stereocenters. The van der Waals surface area contributed by atoms with Crippen LogP contribution in [0.25, 0.3) is 0 Å². The van der Waals surface area contributed by atoms with Crippen LogP contribution in [0.2, 0.25) is 0 Å². The molecule has 0 unspecified atom stereocenters. The normalized spacial score (nSPS) is 21.7. The Hall–Kier alpha value is -1.08. The van der Waals surface area contributed by atoms with Crippen LogP contribution in [-0.2, 0) is 19.0 Å². The van der Waals surface area contributed by atoms with Crippen molar-refractivity contribution in [3.05, 3.63) is 10.6 Å². The number of halogens is 1. The van der Waals surface area contributed by atoms with Crippen molar-refractivity contribution in [2.45, 2.75) is 58.9 Å². The summed E-state index contributed by atoms with van der Waals surface area (Å²) in [6.07, 6.45) is 1.12. The van der Waals surface area contributed by atoms with Gasteiger partial charge in [-0.15, -0.1) is 0 Å². The van der Waals surface area contributed by atoms with E-state index in [1.807, 2.05) is 0 Å². The Kier molecular flexibility index (Phi) is 6.03. The van der Waals surface area contributed by atoms with E-state index in [0.717, 1.165) is 0 Å². The van der Waals surface area contributed by atoms with Gasteiger partial charge in [-0.05, 0) is 63.5 Å². The van der Waals surface area contributed by atoms with Gasteiger partial charge in [-0.1, -0.05) is 0 Å². The molecule has 0 spiro atoms. The molecular weight excluding hydrogens is 354 g/mol. The van der Waals surface area contributed by atoms with E-state index in [-0.39, 0.29) is 17.7 Å². The molecule has 22 heavy (non-hydrogen) atoms. The van der Waals surface area contributed by atoms with Gasteiger partial charge in [0.2, 0.25) is 0 Å². The molecule has 0 aromatic carbocycles. The maximum atomic E-state index is 12.4. The number of nitrogens with zero attached hydrogens (tertiary/aromatic N) is 1. The molecule has 0 aliphatic carbocycles. The van der Waals surface area contributed by atoms with Crippen LogP contribution >= 0.6 is 15.9 Å². The molecule has 126 valence electrons.